The van der Waals surface area contributed by atoms with E-state index in [1.54, 1.807) is 19.9 Å². The number of hydrogen-bond acceptors (Lipinski definition) is 10. The molecule has 0 aromatic carbocycles. The highest BCUT2D eigenvalue weighted by molar-refractivity contribution is 7.13. The van der Waals surface area contributed by atoms with Crippen molar-refractivity contribution in [2.24, 2.45) is 0 Å². The fraction of sp³-hybridized carbons (Fsp3) is 0.286. The van der Waals surface area contributed by atoms with E-state index in [-0.39, 0.29) is 22.0 Å². The number of aromatic hydroxyl groups is 1. The minimum Gasteiger partial charge on any atom is -0.504 e. The van der Waals surface area contributed by atoms with Gasteiger partial charge in [-0.1, -0.05) is 5.16 Å². The van der Waals surface area contributed by atoms with E-state index in [1.807, 2.05) is 19.1 Å². The summed E-state index contributed by atoms with van der Waals surface area (Å²) in [7, 11) is 1.51. The summed E-state index contributed by atoms with van der Waals surface area (Å²) in [5, 5.41) is 31.2. The molecule has 1 amide bonds. The highest BCUT2D eigenvalue weighted by Gasteiger charge is 2.25. The maximum absolute atomic E-state index is 12.8. The molecule has 0 spiro atoms. The highest BCUT2D eigenvalue weighted by atomic mass is 32.1. The van der Waals surface area contributed by atoms with Crippen LogP contribution in [-0.2, 0) is 11.3 Å². The van der Waals surface area contributed by atoms with Crippen molar-refractivity contribution in [3.63, 3.8) is 0 Å². The van der Waals surface area contributed by atoms with Gasteiger partial charge < -0.3 is 29.8 Å². The number of nitrogens with one attached hydrogen (secondary N) is 2. The summed E-state index contributed by atoms with van der Waals surface area (Å²) in [5.41, 5.74) is 0.657. The lowest BCUT2D eigenvalue weighted by atomic mass is 10.2. The van der Waals surface area contributed by atoms with Crippen molar-refractivity contribution in [3.05, 3.63) is 57.1 Å². The number of furan rings is 1. The van der Waals surface area contributed by atoms with Crippen LogP contribution in [0.1, 0.15) is 33.9 Å². The van der Waals surface area contributed by atoms with Crippen LogP contribution >= 0.6 is 11.3 Å². The zero-order chi connectivity index (χ0) is 23.4. The van der Waals surface area contributed by atoms with Crippen LogP contribution in [0.2, 0.25) is 0 Å². The van der Waals surface area contributed by atoms with Gasteiger partial charge in [0.2, 0.25) is 5.78 Å². The molecular weight excluding hydrogens is 436 g/mol. The zero-order valence-electron chi connectivity index (χ0n) is 18.1. The number of rotatable bonds is 9. The lowest BCUT2D eigenvalue weighted by Gasteiger charge is -2.15. The van der Waals surface area contributed by atoms with E-state index >= 15 is 0 Å². The molecule has 3 heterocycles. The number of ketones is 1. The molecule has 0 saturated carbocycles. The summed E-state index contributed by atoms with van der Waals surface area (Å²) in [6.07, 6.45) is 0. The van der Waals surface area contributed by atoms with E-state index in [0.29, 0.717) is 29.6 Å². The predicted molar refractivity (Wildman–Crippen MR) is 119 cm³/mol. The number of thiophene rings is 1. The molecule has 0 fully saturated rings. The first-order chi connectivity index (χ1) is 15.2. The maximum atomic E-state index is 12.8. The summed E-state index contributed by atoms with van der Waals surface area (Å²) in [4.78, 5) is 26.4. The highest BCUT2D eigenvalue weighted by Crippen LogP contribution is 2.36. The van der Waals surface area contributed by atoms with Gasteiger partial charge in [-0.05, 0) is 32.9 Å². The molecule has 0 unspecified atom stereocenters. The molecule has 0 aliphatic carbocycles. The number of aliphatic hydroxyl groups excluding tert-OH is 1. The van der Waals surface area contributed by atoms with Crippen LogP contribution in [0.15, 0.2) is 43.9 Å². The molecule has 4 N–H and O–H groups in total. The minimum absolute atomic E-state index is 0.0584. The second kappa shape index (κ2) is 9.71. The Morgan fingerprint density at radius 1 is 1.25 bits per heavy atom. The van der Waals surface area contributed by atoms with Gasteiger partial charge >= 0.3 is 0 Å². The van der Waals surface area contributed by atoms with Crippen molar-refractivity contribution in [3.8, 4) is 5.75 Å². The first kappa shape index (κ1) is 23.1. The Bertz CT molecular complexity index is 1160. The van der Waals surface area contributed by atoms with Gasteiger partial charge in [-0.15, -0.1) is 11.3 Å². The maximum Gasteiger partial charge on any atom is 0.273 e. The molecule has 0 atom stereocenters. The summed E-state index contributed by atoms with van der Waals surface area (Å²) in [6, 6.07) is 5.23. The van der Waals surface area contributed by atoms with Crippen molar-refractivity contribution in [1.29, 1.82) is 0 Å². The number of hydrogen-bond donors (Lipinski definition) is 4. The number of aromatic nitrogens is 1. The summed E-state index contributed by atoms with van der Waals surface area (Å²) in [5.74, 6) is 0.899. The van der Waals surface area contributed by atoms with E-state index in [0.717, 1.165) is 17.1 Å². The Morgan fingerprint density at radius 3 is 2.59 bits per heavy atom. The lowest BCUT2D eigenvalue weighted by molar-refractivity contribution is -0.118. The summed E-state index contributed by atoms with van der Waals surface area (Å²) in [6.45, 7) is 4.78. The van der Waals surface area contributed by atoms with Crippen LogP contribution in [-0.4, -0.2) is 40.7 Å². The second-order valence-electron chi connectivity index (χ2n) is 7.06. The average Bonchev–Trinajstić information content (AvgIpc) is 3.49. The van der Waals surface area contributed by atoms with Crippen LogP contribution in [0.25, 0.3) is 0 Å². The number of amides is 1. The van der Waals surface area contributed by atoms with E-state index in [2.05, 4.69) is 15.8 Å². The van der Waals surface area contributed by atoms with Gasteiger partial charge in [-0.2, -0.15) is 0 Å². The van der Waals surface area contributed by atoms with Gasteiger partial charge in [-0.3, -0.25) is 14.5 Å². The number of aryl methyl sites for hydroxylation is 2. The Hall–Kier alpha value is -3.57. The van der Waals surface area contributed by atoms with Crippen molar-refractivity contribution < 1.29 is 28.7 Å². The third kappa shape index (κ3) is 5.01. The quantitative estimate of drug-likeness (QED) is 0.355. The Morgan fingerprint density at radius 2 is 2.00 bits per heavy atom. The van der Waals surface area contributed by atoms with E-state index in [9.17, 15) is 19.8 Å². The molecule has 3 aromatic heterocycles. The van der Waals surface area contributed by atoms with Crippen LogP contribution in [0.4, 0.5) is 11.5 Å². The number of nitrogens with zero attached hydrogens (tertiary/aromatic N) is 2. The normalized spacial score (nSPS) is 11.8. The van der Waals surface area contributed by atoms with E-state index in [4.69, 9.17) is 8.94 Å². The largest absolute Gasteiger partial charge is 0.504 e. The van der Waals surface area contributed by atoms with Gasteiger partial charge in [0.15, 0.2) is 11.6 Å². The zero-order valence-corrected chi connectivity index (χ0v) is 18.9. The van der Waals surface area contributed by atoms with Crippen molar-refractivity contribution in [2.75, 3.05) is 23.9 Å². The second-order valence-corrected chi connectivity index (χ2v) is 7.94. The Balaban J connectivity index is 1.80. The number of carbonyl (C=O) groups is 2. The average molecular weight is 461 g/mol. The van der Waals surface area contributed by atoms with Gasteiger partial charge in [0.05, 0.1) is 12.2 Å². The van der Waals surface area contributed by atoms with E-state index < -0.39 is 18.3 Å². The first-order valence-corrected chi connectivity index (χ1v) is 10.5. The van der Waals surface area contributed by atoms with Crippen LogP contribution in [0.3, 0.4) is 0 Å². The SMILES string of the molecule is C/C(NCc1ccc(C)o1)=C(/Nc1csc(C(=O)N(C)c2cc(C)on2)c1O)C(=O)CO. The van der Waals surface area contributed by atoms with Crippen molar-refractivity contribution in [1.82, 2.24) is 10.5 Å². The van der Waals surface area contributed by atoms with Crippen molar-refractivity contribution >= 4 is 34.5 Å². The molecule has 11 heteroatoms. The standard InChI is InChI=1S/C21H24N4O6S/c1-11-5-6-14(30-11)8-22-13(3)18(16(27)9-26)23-15-10-32-20(19(15)28)21(29)25(4)17-7-12(2)31-24-17/h5-7,10,22-23,26,28H,8-9H2,1-4H3/b18-13-. The molecule has 170 valence electrons. The summed E-state index contributed by atoms with van der Waals surface area (Å²) < 4.78 is 10.5. The number of aliphatic hydroxyl groups is 1. The minimum atomic E-state index is -0.730. The Kier molecular flexibility index (Phi) is 7.01. The van der Waals surface area contributed by atoms with E-state index in [1.165, 1.54) is 17.3 Å². The topological polar surface area (TPSA) is 141 Å². The lowest BCUT2D eigenvalue weighted by Crippen LogP contribution is -2.25. The molecule has 3 aromatic rings. The first-order valence-electron chi connectivity index (χ1n) is 9.64. The van der Waals surface area contributed by atoms with Crippen LogP contribution in [0, 0.1) is 13.8 Å². The predicted octanol–water partition coefficient (Wildman–Crippen LogP) is 2.92. The molecule has 0 aliphatic heterocycles. The third-order valence-electron chi connectivity index (χ3n) is 4.60. The smallest absolute Gasteiger partial charge is 0.273 e. The van der Waals surface area contributed by atoms with Crippen molar-refractivity contribution in [2.45, 2.75) is 27.3 Å². The fourth-order valence-corrected chi connectivity index (χ4v) is 3.70. The van der Waals surface area contributed by atoms with Crippen LogP contribution in [0.5, 0.6) is 5.75 Å². The molecule has 32 heavy (non-hydrogen) atoms. The van der Waals surface area contributed by atoms with Gasteiger partial charge in [0.25, 0.3) is 5.91 Å². The third-order valence-corrected chi connectivity index (χ3v) is 5.56. The number of carbonyl (C=O) groups excluding carboxylic acids is 2. The fourth-order valence-electron chi connectivity index (χ4n) is 2.83. The molecule has 0 aliphatic rings. The molecule has 0 radical (unpaired) electrons. The number of anilines is 2. The van der Waals surface area contributed by atoms with Gasteiger partial charge in [-0.25, -0.2) is 0 Å². The van der Waals surface area contributed by atoms with Gasteiger partial charge in [0.1, 0.15) is 34.5 Å². The molecular formula is C21H24N4O6S. The summed E-state index contributed by atoms with van der Waals surface area (Å²) >= 11 is 1.01. The number of allylic oxidation sites excluding steroid dienone is 1. The number of Topliss-reactive ketones (excluding diaryl/α,β-unsaturated/α-hetero) is 1. The molecule has 3 rings (SSSR count). The molecule has 0 bridgehead atoms. The van der Waals surface area contributed by atoms with Gasteiger partial charge in [0, 0.05) is 24.2 Å². The monoisotopic (exact) mass is 460 g/mol. The van der Waals surface area contributed by atoms with Crippen LogP contribution < -0.4 is 15.5 Å². The molecule has 10 nitrogen and oxygen atoms in total. The molecule has 0 saturated heterocycles. The Labute approximate surface area is 188 Å².